The number of amides is 2. The summed E-state index contributed by atoms with van der Waals surface area (Å²) in [5.41, 5.74) is 5.24. The number of hydrogen-bond donors (Lipinski definition) is 1. The van der Waals surface area contributed by atoms with Gasteiger partial charge in [-0.05, 0) is 30.9 Å². The number of aryl methyl sites for hydroxylation is 1. The Morgan fingerprint density at radius 3 is 2.62 bits per heavy atom. The number of urea groups is 1. The summed E-state index contributed by atoms with van der Waals surface area (Å²) in [6.45, 7) is 4.37. The van der Waals surface area contributed by atoms with E-state index < -0.39 is 0 Å². The van der Waals surface area contributed by atoms with Gasteiger partial charge in [-0.15, -0.1) is 11.3 Å². The first-order chi connectivity index (χ1) is 10.2. The number of nitrogens with zero attached hydrogens (tertiary/aromatic N) is 2. The van der Waals surface area contributed by atoms with Crippen LogP contribution in [0.3, 0.4) is 0 Å². The van der Waals surface area contributed by atoms with Gasteiger partial charge in [-0.1, -0.05) is 24.3 Å². The predicted molar refractivity (Wildman–Crippen MR) is 85.3 cm³/mol. The Labute approximate surface area is 128 Å². The molecule has 1 N–H and O–H groups in total. The predicted octanol–water partition coefficient (Wildman–Crippen LogP) is 3.42. The molecule has 0 saturated carbocycles. The van der Waals surface area contributed by atoms with Crippen LogP contribution in [0.25, 0.3) is 10.4 Å². The monoisotopic (exact) mass is 301 g/mol. The number of likely N-dealkylation sites (tertiary alicyclic amines) is 1. The highest BCUT2D eigenvalue weighted by atomic mass is 32.1. The summed E-state index contributed by atoms with van der Waals surface area (Å²) in [5.74, 6) is 0. The Kier molecular flexibility index (Phi) is 4.20. The minimum Gasteiger partial charge on any atom is -0.334 e. The van der Waals surface area contributed by atoms with Crippen molar-refractivity contribution < 1.29 is 4.79 Å². The molecule has 0 bridgehead atoms. The van der Waals surface area contributed by atoms with Crippen molar-refractivity contribution in [1.29, 1.82) is 0 Å². The molecular formula is C16H19N3OS. The second-order valence-electron chi connectivity index (χ2n) is 5.32. The molecule has 0 aliphatic carbocycles. The van der Waals surface area contributed by atoms with Gasteiger partial charge in [0.1, 0.15) is 0 Å². The number of aromatic nitrogens is 1. The topological polar surface area (TPSA) is 45.2 Å². The molecule has 2 heterocycles. The first-order valence-corrected chi connectivity index (χ1v) is 8.14. The third-order valence-corrected chi connectivity index (χ3v) is 4.78. The van der Waals surface area contributed by atoms with Crippen molar-refractivity contribution in [3.05, 3.63) is 41.0 Å². The number of carbonyl (C=O) groups excluding carboxylic acids is 1. The quantitative estimate of drug-likeness (QED) is 0.944. The molecule has 0 radical (unpaired) electrons. The van der Waals surface area contributed by atoms with Gasteiger partial charge in [0.05, 0.1) is 16.1 Å². The van der Waals surface area contributed by atoms with Crippen molar-refractivity contribution in [1.82, 2.24) is 15.2 Å². The number of benzene rings is 1. The molecule has 1 aliphatic heterocycles. The summed E-state index contributed by atoms with van der Waals surface area (Å²) in [5, 5.41) is 2.98. The van der Waals surface area contributed by atoms with Crippen LogP contribution in [-0.4, -0.2) is 29.0 Å². The van der Waals surface area contributed by atoms with Crippen molar-refractivity contribution in [2.24, 2.45) is 0 Å². The molecule has 5 heteroatoms. The van der Waals surface area contributed by atoms with Crippen molar-refractivity contribution in [2.45, 2.75) is 26.3 Å². The van der Waals surface area contributed by atoms with Crippen molar-refractivity contribution in [3.8, 4) is 10.4 Å². The van der Waals surface area contributed by atoms with E-state index in [9.17, 15) is 4.79 Å². The minimum absolute atomic E-state index is 0.0508. The molecule has 0 spiro atoms. The highest BCUT2D eigenvalue weighted by molar-refractivity contribution is 7.13. The molecule has 21 heavy (non-hydrogen) atoms. The Bertz CT molecular complexity index is 615. The maximum Gasteiger partial charge on any atom is 0.317 e. The van der Waals surface area contributed by atoms with Crippen LogP contribution in [0.15, 0.2) is 29.8 Å². The van der Waals surface area contributed by atoms with Crippen molar-refractivity contribution >= 4 is 17.4 Å². The van der Waals surface area contributed by atoms with Crippen LogP contribution in [0.5, 0.6) is 0 Å². The molecule has 3 rings (SSSR count). The lowest BCUT2D eigenvalue weighted by Crippen LogP contribution is -2.37. The highest BCUT2D eigenvalue weighted by Crippen LogP contribution is 2.27. The minimum atomic E-state index is 0.0508. The fourth-order valence-corrected chi connectivity index (χ4v) is 3.37. The summed E-state index contributed by atoms with van der Waals surface area (Å²) in [6, 6.07) is 8.38. The molecule has 1 fully saturated rings. The standard InChI is InChI=1S/C16H19N3OS/c1-12-15(21-11-18-12)14-6-4-13(5-7-14)10-17-16(20)19-8-2-3-9-19/h4-7,11H,2-3,8-10H2,1H3,(H,17,20). The molecule has 4 nitrogen and oxygen atoms in total. The largest absolute Gasteiger partial charge is 0.334 e. The van der Waals surface area contributed by atoms with E-state index >= 15 is 0 Å². The Balaban J connectivity index is 1.60. The molecule has 1 aromatic heterocycles. The highest BCUT2D eigenvalue weighted by Gasteiger charge is 2.17. The lowest BCUT2D eigenvalue weighted by atomic mass is 10.1. The van der Waals surface area contributed by atoms with Gasteiger partial charge < -0.3 is 10.2 Å². The molecule has 1 aromatic carbocycles. The van der Waals surface area contributed by atoms with Crippen LogP contribution >= 0.6 is 11.3 Å². The van der Waals surface area contributed by atoms with Gasteiger partial charge in [-0.2, -0.15) is 0 Å². The van der Waals surface area contributed by atoms with Gasteiger partial charge in [-0.3, -0.25) is 0 Å². The Hall–Kier alpha value is -1.88. The van der Waals surface area contributed by atoms with Crippen LogP contribution < -0.4 is 5.32 Å². The molecule has 2 amide bonds. The Morgan fingerprint density at radius 1 is 1.29 bits per heavy atom. The van der Waals surface area contributed by atoms with E-state index in [1.54, 1.807) is 11.3 Å². The summed E-state index contributed by atoms with van der Waals surface area (Å²) in [4.78, 5) is 19.3. The average Bonchev–Trinajstić information content (AvgIpc) is 3.17. The van der Waals surface area contributed by atoms with E-state index in [1.165, 1.54) is 10.4 Å². The Morgan fingerprint density at radius 2 is 2.00 bits per heavy atom. The van der Waals surface area contributed by atoms with Gasteiger partial charge in [0.2, 0.25) is 0 Å². The second kappa shape index (κ2) is 6.26. The molecule has 1 saturated heterocycles. The first-order valence-electron chi connectivity index (χ1n) is 7.26. The third kappa shape index (κ3) is 3.24. The second-order valence-corrected chi connectivity index (χ2v) is 6.17. The fraction of sp³-hybridized carbons (Fsp3) is 0.375. The number of thiazole rings is 1. The van der Waals surface area contributed by atoms with E-state index in [-0.39, 0.29) is 6.03 Å². The molecule has 110 valence electrons. The summed E-state index contributed by atoms with van der Waals surface area (Å²) >= 11 is 1.66. The van der Waals surface area contributed by atoms with Gasteiger partial charge in [0.25, 0.3) is 0 Å². The van der Waals surface area contributed by atoms with Crippen LogP contribution in [-0.2, 0) is 6.54 Å². The van der Waals surface area contributed by atoms with Gasteiger partial charge >= 0.3 is 6.03 Å². The van der Waals surface area contributed by atoms with E-state index in [0.717, 1.165) is 37.2 Å². The smallest absolute Gasteiger partial charge is 0.317 e. The van der Waals surface area contributed by atoms with Crippen LogP contribution in [0.2, 0.25) is 0 Å². The van der Waals surface area contributed by atoms with Gasteiger partial charge in [-0.25, -0.2) is 9.78 Å². The first kappa shape index (κ1) is 14.1. The number of hydrogen-bond acceptors (Lipinski definition) is 3. The van der Waals surface area contributed by atoms with Crippen molar-refractivity contribution in [3.63, 3.8) is 0 Å². The maximum absolute atomic E-state index is 11.9. The van der Waals surface area contributed by atoms with Crippen LogP contribution in [0.4, 0.5) is 4.79 Å². The normalized spacial score (nSPS) is 14.4. The van der Waals surface area contributed by atoms with E-state index in [2.05, 4.69) is 34.6 Å². The zero-order valence-electron chi connectivity index (χ0n) is 12.1. The number of nitrogens with one attached hydrogen (secondary N) is 1. The fourth-order valence-electron chi connectivity index (χ4n) is 2.56. The van der Waals surface area contributed by atoms with Gasteiger partial charge in [0.15, 0.2) is 0 Å². The lowest BCUT2D eigenvalue weighted by Gasteiger charge is -2.16. The molecule has 0 unspecified atom stereocenters. The van der Waals surface area contributed by atoms with Crippen LogP contribution in [0.1, 0.15) is 24.1 Å². The summed E-state index contributed by atoms with van der Waals surface area (Å²) in [7, 11) is 0. The van der Waals surface area contributed by atoms with Crippen LogP contribution in [0, 0.1) is 6.92 Å². The molecule has 2 aromatic rings. The van der Waals surface area contributed by atoms with E-state index in [0.29, 0.717) is 6.54 Å². The summed E-state index contributed by atoms with van der Waals surface area (Å²) < 4.78 is 0. The van der Waals surface area contributed by atoms with Gasteiger partial charge in [0, 0.05) is 19.6 Å². The average molecular weight is 301 g/mol. The number of carbonyl (C=O) groups is 1. The molecular weight excluding hydrogens is 282 g/mol. The summed E-state index contributed by atoms with van der Waals surface area (Å²) in [6.07, 6.45) is 2.24. The molecule has 0 atom stereocenters. The zero-order valence-corrected chi connectivity index (χ0v) is 12.9. The number of rotatable bonds is 3. The van der Waals surface area contributed by atoms with E-state index in [1.807, 2.05) is 17.3 Å². The third-order valence-electron chi connectivity index (χ3n) is 3.80. The van der Waals surface area contributed by atoms with E-state index in [4.69, 9.17) is 0 Å². The van der Waals surface area contributed by atoms with Crippen molar-refractivity contribution in [2.75, 3.05) is 13.1 Å². The lowest BCUT2D eigenvalue weighted by molar-refractivity contribution is 0.208. The zero-order chi connectivity index (χ0) is 14.7. The molecule has 1 aliphatic rings. The SMILES string of the molecule is Cc1ncsc1-c1ccc(CNC(=O)N2CCCC2)cc1. The maximum atomic E-state index is 11.9.